The molecule has 0 heterocycles. The molecule has 0 saturated carbocycles. The zero-order valence-electron chi connectivity index (χ0n) is 18.4. The molecule has 2 rings (SSSR count). The van der Waals surface area contributed by atoms with Gasteiger partial charge in [-0.25, -0.2) is 4.79 Å². The van der Waals surface area contributed by atoms with Gasteiger partial charge in [0.15, 0.2) is 6.61 Å². The van der Waals surface area contributed by atoms with Crippen molar-refractivity contribution in [2.75, 3.05) is 18.5 Å². The van der Waals surface area contributed by atoms with E-state index in [2.05, 4.69) is 10.6 Å². The van der Waals surface area contributed by atoms with E-state index in [-0.39, 0.29) is 5.92 Å². The van der Waals surface area contributed by atoms with Gasteiger partial charge in [-0.1, -0.05) is 26.0 Å². The molecule has 0 bridgehead atoms. The molecule has 0 unspecified atom stereocenters. The molecule has 2 aromatic carbocycles. The average Bonchev–Trinajstić information content (AvgIpc) is 2.76. The molecule has 0 aliphatic carbocycles. The largest absolute Gasteiger partial charge is 0.494 e. The quantitative estimate of drug-likeness (QED) is 0.544. The predicted molar refractivity (Wildman–Crippen MR) is 115 cm³/mol. The lowest BCUT2D eigenvalue weighted by Crippen LogP contribution is -2.45. The molecular formula is C23H25F3N2O5. The van der Waals surface area contributed by atoms with Crippen LogP contribution in [0.15, 0.2) is 48.5 Å². The minimum Gasteiger partial charge on any atom is -0.494 e. The highest BCUT2D eigenvalue weighted by Gasteiger charge is 2.33. The fraction of sp³-hybridized carbons (Fsp3) is 0.348. The number of hydrogen-bond donors (Lipinski definition) is 2. The maximum atomic E-state index is 13.0. The molecular weight excluding hydrogens is 441 g/mol. The Morgan fingerprint density at radius 3 is 2.21 bits per heavy atom. The number of halogens is 3. The first-order valence-corrected chi connectivity index (χ1v) is 10.2. The number of anilines is 1. The van der Waals surface area contributed by atoms with Gasteiger partial charge in [-0.3, -0.25) is 9.59 Å². The highest BCUT2D eigenvalue weighted by molar-refractivity contribution is 5.97. The second kappa shape index (κ2) is 11.3. The summed E-state index contributed by atoms with van der Waals surface area (Å²) >= 11 is 0. The van der Waals surface area contributed by atoms with Crippen molar-refractivity contribution >= 4 is 23.5 Å². The second-order valence-corrected chi connectivity index (χ2v) is 7.35. The van der Waals surface area contributed by atoms with Crippen molar-refractivity contribution in [2.24, 2.45) is 5.92 Å². The van der Waals surface area contributed by atoms with Gasteiger partial charge in [0.2, 0.25) is 0 Å². The average molecular weight is 466 g/mol. The minimum absolute atomic E-state index is 0.290. The van der Waals surface area contributed by atoms with Crippen molar-refractivity contribution < 1.29 is 37.0 Å². The molecule has 2 aromatic rings. The number of rotatable bonds is 9. The molecule has 2 N–H and O–H groups in total. The molecule has 0 spiro atoms. The van der Waals surface area contributed by atoms with Crippen LogP contribution < -0.4 is 15.4 Å². The number of carbonyl (C=O) groups excluding carboxylic acids is 3. The van der Waals surface area contributed by atoms with Gasteiger partial charge in [0.05, 0.1) is 17.9 Å². The van der Waals surface area contributed by atoms with E-state index in [1.165, 1.54) is 24.3 Å². The monoisotopic (exact) mass is 466 g/mol. The number of hydrogen-bond acceptors (Lipinski definition) is 5. The standard InChI is InChI=1S/C23H25F3N2O5/c1-4-32-16-11-9-15(10-12-16)21(30)28-20(14(2)3)22(31)33-13-19(29)27-18-8-6-5-7-17(18)23(24,25)26/h5-12,14,20H,4,13H2,1-3H3,(H,27,29)(H,28,30)/t20-/m0/s1. The number of amides is 2. The Kier molecular flexibility index (Phi) is 8.84. The van der Waals surface area contributed by atoms with Gasteiger partial charge < -0.3 is 20.1 Å². The van der Waals surface area contributed by atoms with E-state index in [1.54, 1.807) is 26.0 Å². The lowest BCUT2D eigenvalue weighted by Gasteiger charge is -2.21. The van der Waals surface area contributed by atoms with E-state index in [0.29, 0.717) is 17.9 Å². The van der Waals surface area contributed by atoms with Crippen molar-refractivity contribution in [3.63, 3.8) is 0 Å². The number of carbonyl (C=O) groups is 3. The first-order chi connectivity index (χ1) is 15.5. The molecule has 0 aromatic heterocycles. The van der Waals surface area contributed by atoms with Crippen molar-refractivity contribution in [3.8, 4) is 5.75 Å². The highest BCUT2D eigenvalue weighted by atomic mass is 19.4. The summed E-state index contributed by atoms with van der Waals surface area (Å²) in [5.41, 5.74) is -1.18. The number of alkyl halides is 3. The molecule has 1 atom stereocenters. The lowest BCUT2D eigenvalue weighted by atomic mass is 10.0. The molecule has 0 aliphatic rings. The van der Waals surface area contributed by atoms with Crippen LogP contribution in [-0.4, -0.2) is 37.0 Å². The van der Waals surface area contributed by atoms with Crippen LogP contribution in [0.25, 0.3) is 0 Å². The maximum absolute atomic E-state index is 13.0. The number of ether oxygens (including phenoxy) is 2. The SMILES string of the molecule is CCOc1ccc(C(=O)N[C@H](C(=O)OCC(=O)Nc2ccccc2C(F)(F)F)C(C)C)cc1. The Balaban J connectivity index is 1.97. The van der Waals surface area contributed by atoms with Gasteiger partial charge in [0.1, 0.15) is 11.8 Å². The molecule has 7 nitrogen and oxygen atoms in total. The van der Waals surface area contributed by atoms with Crippen LogP contribution >= 0.6 is 0 Å². The fourth-order valence-corrected chi connectivity index (χ4v) is 2.84. The van der Waals surface area contributed by atoms with Crippen molar-refractivity contribution in [3.05, 3.63) is 59.7 Å². The lowest BCUT2D eigenvalue weighted by molar-refractivity contribution is -0.150. The summed E-state index contributed by atoms with van der Waals surface area (Å²) in [6.07, 6.45) is -4.66. The normalized spacial score (nSPS) is 12.1. The van der Waals surface area contributed by atoms with Crippen LogP contribution in [0, 0.1) is 5.92 Å². The van der Waals surface area contributed by atoms with Crippen LogP contribution in [0.4, 0.5) is 18.9 Å². The third-order valence-corrected chi connectivity index (χ3v) is 4.49. The highest BCUT2D eigenvalue weighted by Crippen LogP contribution is 2.34. The molecule has 0 saturated heterocycles. The Bertz CT molecular complexity index is 975. The van der Waals surface area contributed by atoms with Crippen molar-refractivity contribution in [2.45, 2.75) is 33.0 Å². The predicted octanol–water partition coefficient (Wildman–Crippen LogP) is 4.04. The molecule has 2 amide bonds. The number of benzene rings is 2. The summed E-state index contributed by atoms with van der Waals surface area (Å²) in [6, 6.07) is 9.68. The summed E-state index contributed by atoms with van der Waals surface area (Å²) < 4.78 is 49.4. The van der Waals surface area contributed by atoms with E-state index in [1.807, 2.05) is 6.92 Å². The summed E-state index contributed by atoms with van der Waals surface area (Å²) in [4.78, 5) is 37.0. The third-order valence-electron chi connectivity index (χ3n) is 4.49. The molecule has 178 valence electrons. The van der Waals surface area contributed by atoms with Gasteiger partial charge in [-0.15, -0.1) is 0 Å². The molecule has 0 fully saturated rings. The smallest absolute Gasteiger partial charge is 0.418 e. The van der Waals surface area contributed by atoms with Gasteiger partial charge in [-0.05, 0) is 49.2 Å². The summed E-state index contributed by atoms with van der Waals surface area (Å²) in [6.45, 7) is 4.83. The zero-order valence-corrected chi connectivity index (χ0v) is 18.4. The Morgan fingerprint density at radius 1 is 1.00 bits per heavy atom. The van der Waals surface area contributed by atoms with Gasteiger partial charge in [0.25, 0.3) is 11.8 Å². The van der Waals surface area contributed by atoms with Crippen molar-refractivity contribution in [1.82, 2.24) is 5.32 Å². The topological polar surface area (TPSA) is 93.7 Å². The van der Waals surface area contributed by atoms with E-state index >= 15 is 0 Å². The van der Waals surface area contributed by atoms with Gasteiger partial charge >= 0.3 is 12.1 Å². The van der Waals surface area contributed by atoms with Crippen LogP contribution in [0.5, 0.6) is 5.75 Å². The minimum atomic E-state index is -4.66. The first kappa shape index (κ1) is 25.7. The zero-order chi connectivity index (χ0) is 24.6. The molecule has 10 heteroatoms. The van der Waals surface area contributed by atoms with Crippen LogP contribution in [0.3, 0.4) is 0 Å². The Labute approximate surface area is 189 Å². The Hall–Kier alpha value is -3.56. The summed E-state index contributed by atoms with van der Waals surface area (Å²) in [7, 11) is 0. The maximum Gasteiger partial charge on any atom is 0.418 e. The van der Waals surface area contributed by atoms with E-state index in [4.69, 9.17) is 9.47 Å². The molecule has 0 radical (unpaired) electrons. The third kappa shape index (κ3) is 7.51. The Morgan fingerprint density at radius 2 is 1.64 bits per heavy atom. The molecule has 0 aliphatic heterocycles. The van der Waals surface area contributed by atoms with Gasteiger partial charge in [-0.2, -0.15) is 13.2 Å². The van der Waals surface area contributed by atoms with Gasteiger partial charge in [0, 0.05) is 5.56 Å². The summed E-state index contributed by atoms with van der Waals surface area (Å²) in [5, 5.41) is 4.64. The van der Waals surface area contributed by atoms with Crippen molar-refractivity contribution in [1.29, 1.82) is 0 Å². The fourth-order valence-electron chi connectivity index (χ4n) is 2.84. The number of esters is 1. The first-order valence-electron chi connectivity index (χ1n) is 10.2. The van der Waals surface area contributed by atoms with E-state index in [9.17, 15) is 27.6 Å². The molecule has 33 heavy (non-hydrogen) atoms. The van der Waals surface area contributed by atoms with Crippen LogP contribution in [-0.2, 0) is 20.5 Å². The van der Waals surface area contributed by atoms with E-state index in [0.717, 1.165) is 12.1 Å². The van der Waals surface area contributed by atoms with Crippen LogP contribution in [0.2, 0.25) is 0 Å². The van der Waals surface area contributed by atoms with Crippen LogP contribution in [0.1, 0.15) is 36.7 Å². The second-order valence-electron chi connectivity index (χ2n) is 7.35. The number of para-hydroxylation sites is 1. The number of nitrogens with one attached hydrogen (secondary N) is 2. The van der Waals surface area contributed by atoms with E-state index < -0.39 is 47.9 Å². The summed E-state index contributed by atoms with van der Waals surface area (Å²) in [5.74, 6) is -2.15.